The lowest BCUT2D eigenvalue weighted by atomic mass is 10.1. The van der Waals surface area contributed by atoms with E-state index in [0.29, 0.717) is 12.3 Å². The van der Waals surface area contributed by atoms with Crippen LogP contribution in [0.2, 0.25) is 0 Å². The Bertz CT molecular complexity index is 680. The quantitative estimate of drug-likeness (QED) is 0.859. The molecule has 0 saturated carbocycles. The fourth-order valence-electron chi connectivity index (χ4n) is 1.73. The average Bonchev–Trinajstić information content (AvgIpc) is 2.85. The fraction of sp³-hybridized carbons (Fsp3) is 0.231. The van der Waals surface area contributed by atoms with Crippen LogP contribution in [0.25, 0.3) is 0 Å². The van der Waals surface area contributed by atoms with Gasteiger partial charge in [0.1, 0.15) is 5.76 Å². The highest BCUT2D eigenvalue weighted by atomic mass is 79.9. The second-order valence-electron chi connectivity index (χ2n) is 4.42. The van der Waals surface area contributed by atoms with Crippen molar-refractivity contribution in [2.24, 2.45) is 5.14 Å². The van der Waals surface area contributed by atoms with Gasteiger partial charge < -0.3 is 9.73 Å². The molecule has 108 valence electrons. The Morgan fingerprint density at radius 1 is 1.25 bits per heavy atom. The number of furan rings is 1. The molecule has 2 rings (SSSR count). The topological polar surface area (TPSA) is 85.3 Å². The monoisotopic (exact) mass is 358 g/mol. The van der Waals surface area contributed by atoms with Crippen molar-refractivity contribution in [3.05, 3.63) is 52.2 Å². The molecule has 1 aromatic carbocycles. The molecular weight excluding hydrogens is 344 g/mol. The lowest BCUT2D eigenvalue weighted by molar-refractivity contribution is 0.393. The zero-order chi connectivity index (χ0) is 14.8. The molecular formula is C13H15BrN2O3S. The Morgan fingerprint density at radius 3 is 2.45 bits per heavy atom. The summed E-state index contributed by atoms with van der Waals surface area (Å²) in [6.07, 6.45) is 0. The number of sulfonamides is 1. The summed E-state index contributed by atoms with van der Waals surface area (Å²) in [6.45, 7) is 2.44. The SMILES string of the molecule is C[C@H](NCc1ccc(S(N)(=O)=O)o1)c1ccc(Br)cc1. The van der Waals surface area contributed by atoms with Crippen LogP contribution in [-0.4, -0.2) is 8.42 Å². The molecule has 7 heteroatoms. The van der Waals surface area contributed by atoms with Gasteiger partial charge in [-0.1, -0.05) is 28.1 Å². The van der Waals surface area contributed by atoms with Crippen LogP contribution < -0.4 is 10.5 Å². The van der Waals surface area contributed by atoms with E-state index in [4.69, 9.17) is 9.56 Å². The molecule has 1 aromatic heterocycles. The van der Waals surface area contributed by atoms with Crippen LogP contribution in [0.15, 0.2) is 50.4 Å². The Labute approximate surface area is 126 Å². The Morgan fingerprint density at radius 2 is 1.90 bits per heavy atom. The van der Waals surface area contributed by atoms with E-state index >= 15 is 0 Å². The molecule has 1 heterocycles. The summed E-state index contributed by atoms with van der Waals surface area (Å²) < 4.78 is 28.4. The zero-order valence-corrected chi connectivity index (χ0v) is 13.2. The van der Waals surface area contributed by atoms with Crippen LogP contribution >= 0.6 is 15.9 Å². The molecule has 3 N–H and O–H groups in total. The van der Waals surface area contributed by atoms with Crippen molar-refractivity contribution < 1.29 is 12.8 Å². The maximum absolute atomic E-state index is 11.1. The number of rotatable bonds is 5. The van der Waals surface area contributed by atoms with Crippen molar-refractivity contribution in [1.82, 2.24) is 5.32 Å². The average molecular weight is 359 g/mol. The molecule has 0 aliphatic carbocycles. The first kappa shape index (κ1) is 15.2. The van der Waals surface area contributed by atoms with Gasteiger partial charge in [0.25, 0.3) is 10.0 Å². The van der Waals surface area contributed by atoms with Crippen molar-refractivity contribution in [3.8, 4) is 0 Å². The third kappa shape index (κ3) is 3.92. The van der Waals surface area contributed by atoms with E-state index < -0.39 is 10.0 Å². The van der Waals surface area contributed by atoms with Crippen LogP contribution in [0.4, 0.5) is 0 Å². The highest BCUT2D eigenvalue weighted by Crippen LogP contribution is 2.18. The predicted molar refractivity (Wildman–Crippen MR) is 79.5 cm³/mol. The molecule has 0 unspecified atom stereocenters. The van der Waals surface area contributed by atoms with Crippen LogP contribution in [0.5, 0.6) is 0 Å². The molecule has 0 spiro atoms. The van der Waals surface area contributed by atoms with E-state index in [9.17, 15) is 8.42 Å². The lowest BCUT2D eigenvalue weighted by Crippen LogP contribution is -2.17. The second-order valence-corrected chi connectivity index (χ2v) is 6.83. The minimum atomic E-state index is -3.78. The molecule has 20 heavy (non-hydrogen) atoms. The van der Waals surface area contributed by atoms with Gasteiger partial charge in [-0.05, 0) is 36.8 Å². The number of nitrogens with one attached hydrogen (secondary N) is 1. The molecule has 0 saturated heterocycles. The summed E-state index contributed by atoms with van der Waals surface area (Å²) in [5.74, 6) is 0.526. The third-order valence-corrected chi connectivity index (χ3v) is 4.18. The Balaban J connectivity index is 1.98. The van der Waals surface area contributed by atoms with E-state index in [1.807, 2.05) is 31.2 Å². The van der Waals surface area contributed by atoms with E-state index in [0.717, 1.165) is 10.0 Å². The number of nitrogens with two attached hydrogens (primary N) is 1. The number of benzene rings is 1. The van der Waals surface area contributed by atoms with Gasteiger partial charge in [0.2, 0.25) is 5.09 Å². The molecule has 0 radical (unpaired) electrons. The summed E-state index contributed by atoms with van der Waals surface area (Å²) in [5, 5.41) is 8.02. The second kappa shape index (κ2) is 6.09. The normalized spacial score (nSPS) is 13.3. The maximum Gasteiger partial charge on any atom is 0.271 e. The molecule has 1 atom stereocenters. The molecule has 0 bridgehead atoms. The van der Waals surface area contributed by atoms with Gasteiger partial charge in [-0.25, -0.2) is 13.6 Å². The van der Waals surface area contributed by atoms with E-state index in [1.165, 1.54) is 6.07 Å². The van der Waals surface area contributed by atoms with Gasteiger partial charge in [0.05, 0.1) is 6.54 Å². The van der Waals surface area contributed by atoms with Gasteiger partial charge in [-0.3, -0.25) is 0 Å². The van der Waals surface area contributed by atoms with E-state index in [1.54, 1.807) is 6.07 Å². The number of primary sulfonamides is 1. The van der Waals surface area contributed by atoms with Gasteiger partial charge >= 0.3 is 0 Å². The Kier molecular flexibility index (Phi) is 4.64. The standard InChI is InChI=1S/C13H15BrN2O3S/c1-9(10-2-4-11(14)5-3-10)16-8-12-6-7-13(19-12)20(15,17)18/h2-7,9,16H,8H2,1H3,(H2,15,17,18)/t9-/m0/s1. The molecule has 2 aromatic rings. The molecule has 0 amide bonds. The molecule has 0 aliphatic heterocycles. The van der Waals surface area contributed by atoms with Crippen molar-refractivity contribution in [1.29, 1.82) is 0 Å². The first-order chi connectivity index (χ1) is 9.36. The summed E-state index contributed by atoms with van der Waals surface area (Å²) in [5.41, 5.74) is 1.13. The fourth-order valence-corrected chi connectivity index (χ4v) is 2.47. The minimum absolute atomic E-state index is 0.117. The summed E-state index contributed by atoms with van der Waals surface area (Å²) in [4.78, 5) is 0. The van der Waals surface area contributed by atoms with E-state index in [2.05, 4.69) is 21.2 Å². The summed E-state index contributed by atoms with van der Waals surface area (Å²) in [7, 11) is -3.78. The smallest absolute Gasteiger partial charge is 0.271 e. The first-order valence-electron chi connectivity index (χ1n) is 5.96. The number of halogens is 1. The van der Waals surface area contributed by atoms with Crippen molar-refractivity contribution in [3.63, 3.8) is 0 Å². The molecule has 0 aliphatic rings. The largest absolute Gasteiger partial charge is 0.447 e. The highest BCUT2D eigenvalue weighted by molar-refractivity contribution is 9.10. The van der Waals surface area contributed by atoms with Gasteiger partial charge in [0, 0.05) is 10.5 Å². The van der Waals surface area contributed by atoms with Crippen molar-refractivity contribution in [2.75, 3.05) is 0 Å². The lowest BCUT2D eigenvalue weighted by Gasteiger charge is -2.13. The molecule has 0 fully saturated rings. The van der Waals surface area contributed by atoms with Crippen LogP contribution in [0.1, 0.15) is 24.3 Å². The van der Waals surface area contributed by atoms with E-state index in [-0.39, 0.29) is 11.1 Å². The van der Waals surface area contributed by atoms with Crippen LogP contribution in [-0.2, 0) is 16.6 Å². The molecule has 5 nitrogen and oxygen atoms in total. The third-order valence-electron chi connectivity index (χ3n) is 2.87. The van der Waals surface area contributed by atoms with Crippen molar-refractivity contribution >= 4 is 26.0 Å². The van der Waals surface area contributed by atoms with Gasteiger partial charge in [-0.15, -0.1) is 0 Å². The van der Waals surface area contributed by atoms with Gasteiger partial charge in [-0.2, -0.15) is 0 Å². The highest BCUT2D eigenvalue weighted by Gasteiger charge is 2.13. The Hall–Kier alpha value is -1.15. The van der Waals surface area contributed by atoms with Crippen LogP contribution in [0, 0.1) is 0 Å². The first-order valence-corrected chi connectivity index (χ1v) is 8.30. The van der Waals surface area contributed by atoms with Crippen LogP contribution in [0.3, 0.4) is 0 Å². The number of hydrogen-bond acceptors (Lipinski definition) is 4. The zero-order valence-electron chi connectivity index (χ0n) is 10.8. The summed E-state index contributed by atoms with van der Waals surface area (Å²) in [6, 6.07) is 11.0. The summed E-state index contributed by atoms with van der Waals surface area (Å²) >= 11 is 3.39. The van der Waals surface area contributed by atoms with Gasteiger partial charge in [0.15, 0.2) is 0 Å². The number of hydrogen-bond donors (Lipinski definition) is 2. The maximum atomic E-state index is 11.1. The van der Waals surface area contributed by atoms with Crippen molar-refractivity contribution in [2.45, 2.75) is 24.6 Å². The minimum Gasteiger partial charge on any atom is -0.447 e. The predicted octanol–water partition coefficient (Wildman–Crippen LogP) is 2.54.